The smallest absolute Gasteiger partial charge is 0.309 e. The van der Waals surface area contributed by atoms with Crippen LogP contribution in [0.3, 0.4) is 0 Å². The van der Waals surface area contributed by atoms with Gasteiger partial charge in [-0.05, 0) is 37.0 Å². The monoisotopic (exact) mass is 219 g/mol. The van der Waals surface area contributed by atoms with Crippen LogP contribution in [-0.4, -0.2) is 16.1 Å². The zero-order chi connectivity index (χ0) is 11.4. The molecular weight excluding hydrogens is 202 g/mol. The Morgan fingerprint density at radius 2 is 1.88 bits per heavy atom. The number of pyridine rings is 1. The average Bonchev–Trinajstić information content (AvgIpc) is 2.31. The van der Waals surface area contributed by atoms with E-state index in [0.29, 0.717) is 6.42 Å². The second-order valence-electron chi connectivity index (χ2n) is 4.68. The molecular formula is C13H17NO2. The summed E-state index contributed by atoms with van der Waals surface area (Å²) in [6.07, 6.45) is 8.97. The second-order valence-corrected chi connectivity index (χ2v) is 4.68. The van der Waals surface area contributed by atoms with Crippen molar-refractivity contribution in [2.24, 2.45) is 5.41 Å². The highest BCUT2D eigenvalue weighted by molar-refractivity contribution is 5.75. The number of rotatable bonds is 3. The van der Waals surface area contributed by atoms with E-state index in [1.807, 2.05) is 12.1 Å². The maximum Gasteiger partial charge on any atom is 0.309 e. The van der Waals surface area contributed by atoms with E-state index in [1.54, 1.807) is 12.4 Å². The van der Waals surface area contributed by atoms with Gasteiger partial charge in [-0.2, -0.15) is 0 Å². The van der Waals surface area contributed by atoms with Crippen LogP contribution in [0.25, 0.3) is 0 Å². The van der Waals surface area contributed by atoms with Crippen molar-refractivity contribution in [3.05, 3.63) is 30.1 Å². The lowest BCUT2D eigenvalue weighted by Gasteiger charge is -2.33. The Balaban J connectivity index is 2.17. The molecule has 0 radical (unpaired) electrons. The number of carboxylic acids is 1. The summed E-state index contributed by atoms with van der Waals surface area (Å²) < 4.78 is 0. The molecule has 0 atom stereocenters. The molecule has 0 aliphatic heterocycles. The van der Waals surface area contributed by atoms with Crippen LogP contribution in [0.4, 0.5) is 0 Å². The maximum absolute atomic E-state index is 11.5. The van der Waals surface area contributed by atoms with Gasteiger partial charge in [-0.3, -0.25) is 9.78 Å². The van der Waals surface area contributed by atoms with E-state index in [2.05, 4.69) is 4.98 Å². The molecule has 1 aromatic heterocycles. The molecule has 1 heterocycles. The molecule has 0 bridgehead atoms. The summed E-state index contributed by atoms with van der Waals surface area (Å²) in [5, 5.41) is 9.43. The summed E-state index contributed by atoms with van der Waals surface area (Å²) in [4.78, 5) is 15.4. The number of carbonyl (C=O) groups is 1. The van der Waals surface area contributed by atoms with Crippen molar-refractivity contribution in [1.29, 1.82) is 0 Å². The molecule has 0 amide bonds. The van der Waals surface area contributed by atoms with Crippen molar-refractivity contribution < 1.29 is 9.90 Å². The van der Waals surface area contributed by atoms with Gasteiger partial charge >= 0.3 is 5.97 Å². The number of carboxylic acid groups (broad SMARTS) is 1. The van der Waals surface area contributed by atoms with Crippen molar-refractivity contribution in [2.45, 2.75) is 38.5 Å². The third-order valence-corrected chi connectivity index (χ3v) is 3.56. The zero-order valence-corrected chi connectivity index (χ0v) is 9.35. The molecule has 86 valence electrons. The molecule has 1 aliphatic rings. The summed E-state index contributed by atoms with van der Waals surface area (Å²) in [5.74, 6) is -0.635. The van der Waals surface area contributed by atoms with Crippen molar-refractivity contribution in [3.63, 3.8) is 0 Å². The Morgan fingerprint density at radius 1 is 1.25 bits per heavy atom. The molecule has 1 saturated carbocycles. The first kappa shape index (κ1) is 11.1. The Labute approximate surface area is 95.5 Å². The van der Waals surface area contributed by atoms with Crippen LogP contribution in [0.15, 0.2) is 24.5 Å². The van der Waals surface area contributed by atoms with E-state index in [0.717, 1.165) is 31.2 Å². The molecule has 3 heteroatoms. The van der Waals surface area contributed by atoms with Gasteiger partial charge in [0.15, 0.2) is 0 Å². The van der Waals surface area contributed by atoms with Gasteiger partial charge in [-0.15, -0.1) is 0 Å². The molecule has 2 rings (SSSR count). The van der Waals surface area contributed by atoms with Gasteiger partial charge in [0.05, 0.1) is 5.41 Å². The minimum atomic E-state index is -0.635. The fourth-order valence-corrected chi connectivity index (χ4v) is 2.59. The van der Waals surface area contributed by atoms with E-state index in [4.69, 9.17) is 0 Å². The van der Waals surface area contributed by atoms with Crippen molar-refractivity contribution in [1.82, 2.24) is 4.98 Å². The number of hydrogen-bond donors (Lipinski definition) is 1. The van der Waals surface area contributed by atoms with Gasteiger partial charge in [-0.25, -0.2) is 0 Å². The zero-order valence-electron chi connectivity index (χ0n) is 9.35. The highest BCUT2D eigenvalue weighted by Crippen LogP contribution is 2.39. The summed E-state index contributed by atoms with van der Waals surface area (Å²) in [6, 6.07) is 3.83. The van der Waals surface area contributed by atoms with Gasteiger partial charge in [0.1, 0.15) is 0 Å². The topological polar surface area (TPSA) is 50.2 Å². The lowest BCUT2D eigenvalue weighted by atomic mass is 9.70. The quantitative estimate of drug-likeness (QED) is 0.850. The van der Waals surface area contributed by atoms with Crippen LogP contribution in [0.5, 0.6) is 0 Å². The first-order chi connectivity index (χ1) is 7.73. The average molecular weight is 219 g/mol. The van der Waals surface area contributed by atoms with Crippen LogP contribution in [-0.2, 0) is 11.2 Å². The second kappa shape index (κ2) is 4.64. The normalized spacial score (nSPS) is 19.2. The predicted molar refractivity (Wildman–Crippen MR) is 61.1 cm³/mol. The highest BCUT2D eigenvalue weighted by atomic mass is 16.4. The molecule has 1 aromatic rings. The van der Waals surface area contributed by atoms with Crippen molar-refractivity contribution in [3.8, 4) is 0 Å². The van der Waals surface area contributed by atoms with Gasteiger partial charge in [0.2, 0.25) is 0 Å². The molecule has 1 fully saturated rings. The van der Waals surface area contributed by atoms with Crippen LogP contribution >= 0.6 is 0 Å². The van der Waals surface area contributed by atoms with Crippen LogP contribution in [0.2, 0.25) is 0 Å². The predicted octanol–water partition coefficient (Wildman–Crippen LogP) is 2.66. The molecule has 0 saturated heterocycles. The molecule has 16 heavy (non-hydrogen) atoms. The van der Waals surface area contributed by atoms with Gasteiger partial charge in [0, 0.05) is 12.4 Å². The maximum atomic E-state index is 11.5. The summed E-state index contributed by atoms with van der Waals surface area (Å²) in [7, 11) is 0. The standard InChI is InChI=1S/C13H17NO2/c15-12(16)13(6-2-1-3-7-13)10-11-4-8-14-9-5-11/h4-5,8-9H,1-3,6-7,10H2,(H,15,16). The van der Waals surface area contributed by atoms with Gasteiger partial charge in [-0.1, -0.05) is 19.3 Å². The highest BCUT2D eigenvalue weighted by Gasteiger charge is 2.39. The Morgan fingerprint density at radius 3 is 2.44 bits per heavy atom. The number of hydrogen-bond acceptors (Lipinski definition) is 2. The SMILES string of the molecule is O=C(O)C1(Cc2ccncc2)CCCCC1. The van der Waals surface area contributed by atoms with Crippen LogP contribution < -0.4 is 0 Å². The molecule has 0 spiro atoms. The van der Waals surface area contributed by atoms with Gasteiger partial charge in [0.25, 0.3) is 0 Å². The first-order valence-electron chi connectivity index (χ1n) is 5.85. The summed E-state index contributed by atoms with van der Waals surface area (Å²) in [6.45, 7) is 0. The van der Waals surface area contributed by atoms with Crippen molar-refractivity contribution >= 4 is 5.97 Å². The lowest BCUT2D eigenvalue weighted by molar-refractivity contribution is -0.151. The lowest BCUT2D eigenvalue weighted by Crippen LogP contribution is -2.35. The Hall–Kier alpha value is -1.38. The summed E-state index contributed by atoms with van der Waals surface area (Å²) in [5.41, 5.74) is 0.555. The van der Waals surface area contributed by atoms with Crippen LogP contribution in [0.1, 0.15) is 37.7 Å². The minimum Gasteiger partial charge on any atom is -0.481 e. The third-order valence-electron chi connectivity index (χ3n) is 3.56. The number of aliphatic carboxylic acids is 1. The van der Waals surface area contributed by atoms with E-state index >= 15 is 0 Å². The number of nitrogens with zero attached hydrogens (tertiary/aromatic N) is 1. The molecule has 3 nitrogen and oxygen atoms in total. The number of aromatic nitrogens is 1. The Bertz CT molecular complexity index is 355. The largest absolute Gasteiger partial charge is 0.481 e. The van der Waals surface area contributed by atoms with Crippen molar-refractivity contribution in [2.75, 3.05) is 0 Å². The van der Waals surface area contributed by atoms with E-state index in [-0.39, 0.29) is 0 Å². The Kier molecular flexibility index (Phi) is 3.22. The van der Waals surface area contributed by atoms with Crippen LogP contribution in [0, 0.1) is 5.41 Å². The first-order valence-corrected chi connectivity index (χ1v) is 5.85. The third kappa shape index (κ3) is 2.23. The molecule has 0 aromatic carbocycles. The van der Waals surface area contributed by atoms with E-state index in [9.17, 15) is 9.90 Å². The van der Waals surface area contributed by atoms with E-state index in [1.165, 1.54) is 6.42 Å². The molecule has 0 unspecified atom stereocenters. The molecule has 1 N–H and O–H groups in total. The fourth-order valence-electron chi connectivity index (χ4n) is 2.59. The molecule has 1 aliphatic carbocycles. The van der Waals surface area contributed by atoms with Gasteiger partial charge < -0.3 is 5.11 Å². The fraction of sp³-hybridized carbons (Fsp3) is 0.538. The summed E-state index contributed by atoms with van der Waals surface area (Å²) >= 11 is 0. The van der Waals surface area contributed by atoms with E-state index < -0.39 is 11.4 Å². The minimum absolute atomic E-state index is 0.528.